The minimum Gasteiger partial charge on any atom is -0.401 e. The van der Waals surface area contributed by atoms with Crippen LogP contribution in [-0.2, 0) is 9.09 Å². The summed E-state index contributed by atoms with van der Waals surface area (Å²) >= 11 is 0. The lowest BCUT2D eigenvalue weighted by Crippen LogP contribution is -2.43. The Hall–Kier alpha value is -2.59. The largest absolute Gasteiger partial charge is 0.527 e. The Labute approximate surface area is 164 Å². The van der Waals surface area contributed by atoms with Crippen molar-refractivity contribution < 1.29 is 28.0 Å². The number of imidazole rings is 1. The number of nitrogens with two attached hydrogens (primary N) is 1. The summed E-state index contributed by atoms with van der Waals surface area (Å²) < 4.78 is 37.6. The lowest BCUT2D eigenvalue weighted by Gasteiger charge is -2.44. The van der Waals surface area contributed by atoms with Gasteiger partial charge in [-0.05, 0) is 24.5 Å². The minimum atomic E-state index is -4.56. The number of aliphatic hydroxyl groups excluding tert-OH is 1. The van der Waals surface area contributed by atoms with Crippen LogP contribution in [-0.4, -0.2) is 42.7 Å². The first-order chi connectivity index (χ1) is 13.9. The van der Waals surface area contributed by atoms with Crippen LogP contribution in [0.1, 0.15) is 12.5 Å². The number of rotatable bonds is 7. The van der Waals surface area contributed by atoms with E-state index in [1.54, 1.807) is 10.9 Å². The van der Waals surface area contributed by atoms with E-state index in [4.69, 9.17) is 14.8 Å². The average molecular weight is 423 g/mol. The smallest absolute Gasteiger partial charge is 0.401 e. The summed E-state index contributed by atoms with van der Waals surface area (Å²) in [5.74, 6) is -1.36. The molecule has 0 spiro atoms. The second kappa shape index (κ2) is 7.68. The van der Waals surface area contributed by atoms with Crippen LogP contribution in [0.4, 0.5) is 10.2 Å². The van der Waals surface area contributed by atoms with Gasteiger partial charge in [-0.3, -0.25) is 9.42 Å². The fourth-order valence-electron chi connectivity index (χ4n) is 3.52. The number of nitrogens with zero attached hydrogens (tertiary/aromatic N) is 4. The molecule has 0 bridgehead atoms. The first-order valence-corrected chi connectivity index (χ1v) is 10.3. The molecule has 12 heteroatoms. The van der Waals surface area contributed by atoms with E-state index in [0.29, 0.717) is 17.6 Å². The molecule has 1 aromatic carbocycles. The third kappa shape index (κ3) is 3.82. The lowest BCUT2D eigenvalue weighted by molar-refractivity contribution is -0.00484. The molecule has 10 nitrogen and oxygen atoms in total. The predicted octanol–water partition coefficient (Wildman–Crippen LogP) is 1.91. The summed E-state index contributed by atoms with van der Waals surface area (Å²) in [6.07, 6.45) is 3.49. The van der Waals surface area contributed by atoms with Crippen LogP contribution >= 0.6 is 7.82 Å². The zero-order chi connectivity index (χ0) is 20.6. The minimum absolute atomic E-state index is 0.113. The van der Waals surface area contributed by atoms with Crippen molar-refractivity contribution in [3.8, 4) is 5.75 Å². The molecule has 0 amide bonds. The molecule has 3 aromatic rings. The van der Waals surface area contributed by atoms with Crippen LogP contribution in [0, 0.1) is 17.7 Å². The predicted molar refractivity (Wildman–Crippen MR) is 100 cm³/mol. The zero-order valence-electron chi connectivity index (χ0n) is 15.1. The van der Waals surface area contributed by atoms with Gasteiger partial charge >= 0.3 is 7.82 Å². The van der Waals surface area contributed by atoms with Gasteiger partial charge in [0, 0.05) is 18.6 Å². The van der Waals surface area contributed by atoms with E-state index in [1.165, 1.54) is 24.5 Å². The van der Waals surface area contributed by atoms with E-state index >= 15 is 0 Å². The van der Waals surface area contributed by atoms with Crippen LogP contribution in [0.25, 0.3) is 11.2 Å². The Bertz CT molecular complexity index is 1080. The maximum absolute atomic E-state index is 13.7. The Morgan fingerprint density at radius 3 is 2.86 bits per heavy atom. The topological polar surface area (TPSA) is 146 Å². The Morgan fingerprint density at radius 2 is 2.10 bits per heavy atom. The fourth-order valence-corrected chi connectivity index (χ4v) is 4.33. The van der Waals surface area contributed by atoms with Crippen molar-refractivity contribution in [2.75, 3.05) is 18.9 Å². The molecule has 2 aromatic heterocycles. The molecule has 0 aliphatic heterocycles. The van der Waals surface area contributed by atoms with E-state index in [-0.39, 0.29) is 42.7 Å². The summed E-state index contributed by atoms with van der Waals surface area (Å²) in [5, 5.41) is 9.59. The maximum atomic E-state index is 13.7. The SMILES string of the molecule is Nc1ncnc2c1ncn2[C@@H]1C[C@H](CO)[C@@H]1COP(=O)(O)Oc1ccccc1F. The Morgan fingerprint density at radius 1 is 1.31 bits per heavy atom. The van der Waals surface area contributed by atoms with Crippen LogP contribution in [0.2, 0.25) is 0 Å². The first kappa shape index (κ1) is 19.7. The number of halogens is 1. The molecular weight excluding hydrogens is 404 g/mol. The van der Waals surface area contributed by atoms with Crippen molar-refractivity contribution in [3.63, 3.8) is 0 Å². The maximum Gasteiger partial charge on any atom is 0.527 e. The van der Waals surface area contributed by atoms with Gasteiger partial charge in [0.2, 0.25) is 0 Å². The number of aromatic nitrogens is 4. The molecule has 2 heterocycles. The summed E-state index contributed by atoms with van der Waals surface area (Å²) in [4.78, 5) is 22.3. The third-order valence-electron chi connectivity index (χ3n) is 5.10. The van der Waals surface area contributed by atoms with Gasteiger partial charge in [0.25, 0.3) is 0 Å². The molecule has 1 aliphatic rings. The molecule has 4 atom stereocenters. The molecule has 1 unspecified atom stereocenters. The molecule has 4 N–H and O–H groups in total. The summed E-state index contributed by atoms with van der Waals surface area (Å²) in [6.45, 7) is -0.295. The number of anilines is 1. The third-order valence-corrected chi connectivity index (χ3v) is 6.01. The van der Waals surface area contributed by atoms with Gasteiger partial charge < -0.3 is 19.9 Å². The normalized spacial score (nSPS) is 23.5. The molecule has 1 fully saturated rings. The molecule has 1 aliphatic carbocycles. The number of phosphoric acid groups is 1. The van der Waals surface area contributed by atoms with Crippen molar-refractivity contribution in [1.82, 2.24) is 19.5 Å². The molecule has 0 saturated heterocycles. The first-order valence-electron chi connectivity index (χ1n) is 8.85. The molecule has 4 rings (SSSR count). The molecule has 1 saturated carbocycles. The number of hydrogen-bond acceptors (Lipinski definition) is 8. The highest BCUT2D eigenvalue weighted by Crippen LogP contribution is 2.50. The number of fused-ring (bicyclic) bond motifs is 1. The van der Waals surface area contributed by atoms with Gasteiger partial charge in [0.15, 0.2) is 23.0 Å². The fraction of sp³-hybridized carbons (Fsp3) is 0.353. The quantitative estimate of drug-likeness (QED) is 0.485. The van der Waals surface area contributed by atoms with E-state index in [0.717, 1.165) is 6.07 Å². The number of para-hydroxylation sites is 1. The van der Waals surface area contributed by atoms with Crippen molar-refractivity contribution in [1.29, 1.82) is 0 Å². The molecule has 154 valence electrons. The number of nitrogen functional groups attached to an aromatic ring is 1. The van der Waals surface area contributed by atoms with Crippen LogP contribution in [0.15, 0.2) is 36.9 Å². The van der Waals surface area contributed by atoms with Gasteiger partial charge in [0.05, 0.1) is 12.9 Å². The Kier molecular flexibility index (Phi) is 5.22. The zero-order valence-corrected chi connectivity index (χ0v) is 16.0. The molecular formula is C17H19FN5O5P. The van der Waals surface area contributed by atoms with E-state index in [2.05, 4.69) is 15.0 Å². The van der Waals surface area contributed by atoms with Gasteiger partial charge in [-0.15, -0.1) is 0 Å². The number of aliphatic hydroxyl groups is 1. The lowest BCUT2D eigenvalue weighted by atomic mass is 9.70. The summed E-state index contributed by atoms with van der Waals surface area (Å²) in [5.41, 5.74) is 6.79. The highest BCUT2D eigenvalue weighted by atomic mass is 31.2. The number of phosphoric ester groups is 1. The number of hydrogen-bond donors (Lipinski definition) is 3. The van der Waals surface area contributed by atoms with E-state index < -0.39 is 13.6 Å². The second-order valence-electron chi connectivity index (χ2n) is 6.78. The number of benzene rings is 1. The van der Waals surface area contributed by atoms with Crippen LogP contribution in [0.3, 0.4) is 0 Å². The van der Waals surface area contributed by atoms with Crippen molar-refractivity contribution in [2.24, 2.45) is 11.8 Å². The second-order valence-corrected chi connectivity index (χ2v) is 8.16. The monoisotopic (exact) mass is 423 g/mol. The Balaban J connectivity index is 1.49. The molecule has 0 radical (unpaired) electrons. The van der Waals surface area contributed by atoms with Gasteiger partial charge in [-0.25, -0.2) is 23.9 Å². The highest BCUT2D eigenvalue weighted by Gasteiger charge is 2.44. The van der Waals surface area contributed by atoms with Gasteiger partial charge in [0.1, 0.15) is 11.8 Å². The standard InChI is InChI=1S/C17H19FN5O5P/c18-12-3-1-2-4-14(12)28-29(25,26)27-7-11-10(6-24)5-13(11)23-9-22-15-16(19)20-8-21-17(15)23/h1-4,8-11,13,24H,5-7H2,(H,25,26)(H2,19,20,21)/t10-,11+,13-/m1/s1. The highest BCUT2D eigenvalue weighted by molar-refractivity contribution is 7.47. The molecule has 29 heavy (non-hydrogen) atoms. The summed E-state index contributed by atoms with van der Waals surface area (Å²) in [7, 11) is -4.56. The average Bonchev–Trinajstić information content (AvgIpc) is 3.08. The van der Waals surface area contributed by atoms with Crippen LogP contribution in [0.5, 0.6) is 5.75 Å². The van der Waals surface area contributed by atoms with Crippen molar-refractivity contribution in [2.45, 2.75) is 12.5 Å². The van der Waals surface area contributed by atoms with Crippen molar-refractivity contribution >= 4 is 24.8 Å². The summed E-state index contributed by atoms with van der Waals surface area (Å²) in [6, 6.07) is 5.06. The van der Waals surface area contributed by atoms with E-state index in [1.807, 2.05) is 0 Å². The van der Waals surface area contributed by atoms with Gasteiger partial charge in [-0.1, -0.05) is 12.1 Å². The van der Waals surface area contributed by atoms with Crippen LogP contribution < -0.4 is 10.3 Å². The van der Waals surface area contributed by atoms with E-state index in [9.17, 15) is 19.0 Å². The van der Waals surface area contributed by atoms with Gasteiger partial charge in [-0.2, -0.15) is 0 Å². The van der Waals surface area contributed by atoms with Crippen molar-refractivity contribution in [3.05, 3.63) is 42.7 Å².